The van der Waals surface area contributed by atoms with Gasteiger partial charge in [0.05, 0.1) is 0 Å². The van der Waals surface area contributed by atoms with E-state index in [0.717, 1.165) is 25.7 Å². The molecule has 26 heavy (non-hydrogen) atoms. The van der Waals surface area contributed by atoms with Crippen LogP contribution in [0.25, 0.3) is 0 Å². The van der Waals surface area contributed by atoms with E-state index in [-0.39, 0.29) is 17.6 Å². The Labute approximate surface area is 154 Å². The van der Waals surface area contributed by atoms with E-state index in [1.54, 1.807) is 12.4 Å². The third-order valence-electron chi connectivity index (χ3n) is 4.40. The molecule has 1 unspecified atom stereocenters. The van der Waals surface area contributed by atoms with E-state index in [9.17, 15) is 4.79 Å². The monoisotopic (exact) mass is 357 g/mol. The fourth-order valence-electron chi connectivity index (χ4n) is 3.13. The lowest BCUT2D eigenvalue weighted by molar-refractivity contribution is 0.126. The molecule has 1 N–H and O–H groups in total. The number of urea groups is 1. The number of nitrogens with one attached hydrogen (secondary N) is 1. The first-order chi connectivity index (χ1) is 12.4. The molecule has 7 heteroatoms. The number of aryl methyl sites for hydroxylation is 2. The van der Waals surface area contributed by atoms with Gasteiger partial charge < -0.3 is 14.7 Å². The number of piperidine rings is 1. The van der Waals surface area contributed by atoms with Gasteiger partial charge in [0.2, 0.25) is 5.89 Å². The van der Waals surface area contributed by atoms with E-state index in [4.69, 9.17) is 4.52 Å². The molecule has 7 nitrogen and oxygen atoms in total. The minimum Gasteiger partial charge on any atom is -0.337 e. The largest absolute Gasteiger partial charge is 0.337 e. The third-order valence-corrected chi connectivity index (χ3v) is 4.40. The molecule has 1 atom stereocenters. The van der Waals surface area contributed by atoms with Crippen molar-refractivity contribution in [3.8, 4) is 0 Å². The lowest BCUT2D eigenvalue weighted by Crippen LogP contribution is -2.50. The number of pyridine rings is 1. The maximum atomic E-state index is 12.6. The van der Waals surface area contributed by atoms with Gasteiger partial charge in [0, 0.05) is 30.9 Å². The lowest BCUT2D eigenvalue weighted by atomic mass is 10.0. The Balaban J connectivity index is 1.66. The van der Waals surface area contributed by atoms with Crippen LogP contribution >= 0.6 is 0 Å². The number of carbonyl (C=O) groups excluding carboxylic acids is 1. The molecular weight excluding hydrogens is 330 g/mol. The first-order valence-electron chi connectivity index (χ1n) is 9.22. The number of rotatable bonds is 4. The molecule has 1 aliphatic heterocycles. The van der Waals surface area contributed by atoms with Gasteiger partial charge in [-0.1, -0.05) is 5.16 Å². The predicted molar refractivity (Wildman–Crippen MR) is 97.5 cm³/mol. The van der Waals surface area contributed by atoms with Gasteiger partial charge in [0.1, 0.15) is 6.04 Å². The van der Waals surface area contributed by atoms with Gasteiger partial charge in [0.25, 0.3) is 0 Å². The number of hydrogen-bond acceptors (Lipinski definition) is 5. The van der Waals surface area contributed by atoms with Crippen molar-refractivity contribution in [3.63, 3.8) is 0 Å². The average molecular weight is 357 g/mol. The lowest BCUT2D eigenvalue weighted by Gasteiger charge is -2.35. The third kappa shape index (κ3) is 4.80. The maximum Gasteiger partial charge on any atom is 0.318 e. The highest BCUT2D eigenvalue weighted by molar-refractivity contribution is 5.75. The van der Waals surface area contributed by atoms with Crippen LogP contribution in [0.5, 0.6) is 0 Å². The summed E-state index contributed by atoms with van der Waals surface area (Å²) in [6, 6.07) is 3.76. The fraction of sp³-hybridized carbons (Fsp3) is 0.579. The quantitative estimate of drug-likeness (QED) is 0.908. The van der Waals surface area contributed by atoms with Gasteiger partial charge in [-0.2, -0.15) is 4.98 Å². The first-order valence-corrected chi connectivity index (χ1v) is 9.22. The standard InChI is InChI=1S/C19H27N5O2/c1-19(2,3)22-18(25)24-13-5-4-6-15(24)17-21-16(23-26-17)8-7-14-9-11-20-12-10-14/h9-12,15H,4-8,13H2,1-3H3,(H,22,25). The molecule has 0 bridgehead atoms. The highest BCUT2D eigenvalue weighted by atomic mass is 16.5. The second-order valence-electron chi connectivity index (χ2n) is 7.79. The maximum absolute atomic E-state index is 12.6. The summed E-state index contributed by atoms with van der Waals surface area (Å²) in [7, 11) is 0. The molecule has 2 aromatic rings. The zero-order valence-electron chi connectivity index (χ0n) is 15.7. The zero-order chi connectivity index (χ0) is 18.6. The van der Waals surface area contributed by atoms with Crippen molar-refractivity contribution in [3.05, 3.63) is 41.8 Å². The normalized spacial score (nSPS) is 18.0. The van der Waals surface area contributed by atoms with E-state index in [2.05, 4.69) is 20.4 Å². The number of aromatic nitrogens is 3. The Hall–Kier alpha value is -2.44. The van der Waals surface area contributed by atoms with Crippen molar-refractivity contribution < 1.29 is 9.32 Å². The predicted octanol–water partition coefficient (Wildman–Crippen LogP) is 3.28. The van der Waals surface area contributed by atoms with Gasteiger partial charge in [-0.25, -0.2) is 4.79 Å². The second-order valence-corrected chi connectivity index (χ2v) is 7.79. The van der Waals surface area contributed by atoms with Crippen molar-refractivity contribution in [2.75, 3.05) is 6.54 Å². The smallest absolute Gasteiger partial charge is 0.318 e. The average Bonchev–Trinajstić information content (AvgIpc) is 3.08. The molecule has 0 saturated carbocycles. The highest BCUT2D eigenvalue weighted by Crippen LogP contribution is 2.30. The topological polar surface area (TPSA) is 84.2 Å². The summed E-state index contributed by atoms with van der Waals surface area (Å²) in [5, 5.41) is 7.15. The molecule has 0 spiro atoms. The Bertz CT molecular complexity index is 723. The van der Waals surface area contributed by atoms with Crippen molar-refractivity contribution in [1.29, 1.82) is 0 Å². The van der Waals surface area contributed by atoms with Crippen molar-refractivity contribution >= 4 is 6.03 Å². The van der Waals surface area contributed by atoms with Crippen molar-refractivity contribution in [1.82, 2.24) is 25.3 Å². The Morgan fingerprint density at radius 2 is 2.04 bits per heavy atom. The van der Waals surface area contributed by atoms with Crippen molar-refractivity contribution in [2.24, 2.45) is 0 Å². The molecule has 3 heterocycles. The van der Waals surface area contributed by atoms with Crippen LogP contribution in [0.3, 0.4) is 0 Å². The van der Waals surface area contributed by atoms with Crippen LogP contribution < -0.4 is 5.32 Å². The Morgan fingerprint density at radius 1 is 1.27 bits per heavy atom. The summed E-state index contributed by atoms with van der Waals surface area (Å²) in [5.74, 6) is 1.22. The Morgan fingerprint density at radius 3 is 2.77 bits per heavy atom. The summed E-state index contributed by atoms with van der Waals surface area (Å²) in [6.45, 7) is 6.65. The SMILES string of the molecule is CC(C)(C)NC(=O)N1CCCCC1c1nc(CCc2ccncc2)no1. The first kappa shape index (κ1) is 18.4. The van der Waals surface area contributed by atoms with E-state index >= 15 is 0 Å². The zero-order valence-corrected chi connectivity index (χ0v) is 15.7. The van der Waals surface area contributed by atoms with Crippen LogP contribution in [0.4, 0.5) is 4.79 Å². The van der Waals surface area contributed by atoms with Gasteiger partial charge in [-0.05, 0) is 64.2 Å². The summed E-state index contributed by atoms with van der Waals surface area (Å²) in [6.07, 6.45) is 8.00. The molecule has 1 aliphatic rings. The molecule has 3 rings (SSSR count). The minimum atomic E-state index is -0.274. The van der Waals surface area contributed by atoms with Crippen LogP contribution in [0, 0.1) is 0 Å². The number of nitrogens with zero attached hydrogens (tertiary/aromatic N) is 4. The van der Waals surface area contributed by atoms with E-state index < -0.39 is 0 Å². The van der Waals surface area contributed by atoms with Gasteiger partial charge in [-0.15, -0.1) is 0 Å². The van der Waals surface area contributed by atoms with Gasteiger partial charge in [-0.3, -0.25) is 4.98 Å². The van der Waals surface area contributed by atoms with Gasteiger partial charge >= 0.3 is 6.03 Å². The van der Waals surface area contributed by atoms with Crippen molar-refractivity contribution in [2.45, 2.75) is 64.5 Å². The number of carbonyl (C=O) groups is 1. The van der Waals surface area contributed by atoms with Crippen LogP contribution in [0.2, 0.25) is 0 Å². The Kier molecular flexibility index (Phi) is 5.54. The van der Waals surface area contributed by atoms with Crippen LogP contribution in [0.15, 0.2) is 29.0 Å². The second kappa shape index (κ2) is 7.85. The molecule has 2 amide bonds. The van der Waals surface area contributed by atoms with Gasteiger partial charge in [0.15, 0.2) is 5.82 Å². The molecular formula is C19H27N5O2. The summed E-state index contributed by atoms with van der Waals surface area (Å²) < 4.78 is 5.51. The number of hydrogen-bond donors (Lipinski definition) is 1. The van der Waals surface area contributed by atoms with E-state index in [1.807, 2.05) is 37.8 Å². The summed E-state index contributed by atoms with van der Waals surface area (Å²) in [4.78, 5) is 23.0. The molecule has 1 fully saturated rings. The molecule has 2 aromatic heterocycles. The van der Waals surface area contributed by atoms with Crippen LogP contribution in [0.1, 0.15) is 63.4 Å². The number of likely N-dealkylation sites (tertiary alicyclic amines) is 1. The summed E-state index contributed by atoms with van der Waals surface area (Å²) in [5.41, 5.74) is 0.916. The molecule has 1 saturated heterocycles. The molecule has 140 valence electrons. The minimum absolute atomic E-state index is 0.0706. The van der Waals surface area contributed by atoms with E-state index in [0.29, 0.717) is 24.7 Å². The molecule has 0 aromatic carbocycles. The summed E-state index contributed by atoms with van der Waals surface area (Å²) >= 11 is 0. The molecule has 0 aliphatic carbocycles. The fourth-order valence-corrected chi connectivity index (χ4v) is 3.13. The van der Waals surface area contributed by atoms with Crippen LogP contribution in [-0.4, -0.2) is 38.1 Å². The number of amides is 2. The van der Waals surface area contributed by atoms with E-state index in [1.165, 1.54) is 5.56 Å². The highest BCUT2D eigenvalue weighted by Gasteiger charge is 2.33. The molecule has 0 radical (unpaired) electrons. The van der Waals surface area contributed by atoms with Crippen LogP contribution in [-0.2, 0) is 12.8 Å².